The first-order chi connectivity index (χ1) is 6.58. The van der Waals surface area contributed by atoms with Crippen molar-refractivity contribution in [3.05, 3.63) is 40.0 Å². The molecule has 0 saturated heterocycles. The van der Waals surface area contributed by atoms with Gasteiger partial charge >= 0.3 is 0 Å². The molecule has 1 heterocycles. The highest BCUT2D eigenvalue weighted by Gasteiger charge is 2.05. The van der Waals surface area contributed by atoms with Gasteiger partial charge in [0.1, 0.15) is 0 Å². The molecule has 1 aromatic carbocycles. The molecule has 72 valence electrons. The van der Waals surface area contributed by atoms with Crippen molar-refractivity contribution in [1.82, 2.24) is 4.98 Å². The summed E-state index contributed by atoms with van der Waals surface area (Å²) in [6.45, 7) is 6.10. The van der Waals surface area contributed by atoms with E-state index < -0.39 is 0 Å². The van der Waals surface area contributed by atoms with Crippen molar-refractivity contribution in [2.45, 2.75) is 20.8 Å². The minimum atomic E-state index is 0.796. The maximum Gasteiger partial charge on any atom is 0.0725 e. The summed E-state index contributed by atoms with van der Waals surface area (Å²) in [4.78, 5) is 4.47. The molecule has 0 saturated carbocycles. The van der Waals surface area contributed by atoms with E-state index in [9.17, 15) is 0 Å². The van der Waals surface area contributed by atoms with Gasteiger partial charge in [-0.15, -0.1) is 0 Å². The van der Waals surface area contributed by atoms with Crippen LogP contribution in [0.3, 0.4) is 0 Å². The van der Waals surface area contributed by atoms with Gasteiger partial charge in [-0.3, -0.25) is 4.98 Å². The molecule has 0 radical (unpaired) electrons. The molecule has 0 fully saturated rings. The van der Waals surface area contributed by atoms with Crippen molar-refractivity contribution < 1.29 is 0 Å². The van der Waals surface area contributed by atoms with Gasteiger partial charge in [0.05, 0.1) is 10.5 Å². The van der Waals surface area contributed by atoms with Crippen molar-refractivity contribution in [2.75, 3.05) is 0 Å². The first-order valence-electron chi connectivity index (χ1n) is 4.62. The van der Waals surface area contributed by atoms with E-state index in [-0.39, 0.29) is 0 Å². The van der Waals surface area contributed by atoms with Gasteiger partial charge in [-0.05, 0) is 44.0 Å². The zero-order valence-corrected chi connectivity index (χ0v) is 9.31. The summed E-state index contributed by atoms with van der Waals surface area (Å²) in [5.41, 5.74) is 4.38. The predicted molar refractivity (Wildman–Crippen MR) is 61.0 cm³/mol. The molecule has 1 nitrogen and oxygen atoms in total. The van der Waals surface area contributed by atoms with Gasteiger partial charge in [0.2, 0.25) is 0 Å². The molecular weight excluding hydrogens is 194 g/mol. The average Bonchev–Trinajstić information content (AvgIpc) is 1.99. The minimum absolute atomic E-state index is 0.796. The first-order valence-corrected chi connectivity index (χ1v) is 5.00. The fraction of sp³-hybridized carbons (Fsp3) is 0.250. The molecule has 1 aromatic heterocycles. The third-order valence-corrected chi connectivity index (χ3v) is 2.63. The van der Waals surface area contributed by atoms with Gasteiger partial charge in [-0.1, -0.05) is 17.7 Å². The van der Waals surface area contributed by atoms with Crippen LogP contribution in [0.1, 0.15) is 16.8 Å². The molecule has 14 heavy (non-hydrogen) atoms. The number of aryl methyl sites for hydroxylation is 3. The van der Waals surface area contributed by atoms with Crippen molar-refractivity contribution in [1.29, 1.82) is 0 Å². The lowest BCUT2D eigenvalue weighted by Crippen LogP contribution is -1.88. The van der Waals surface area contributed by atoms with Gasteiger partial charge in [-0.2, -0.15) is 0 Å². The Bertz CT molecular complexity index is 460. The summed E-state index contributed by atoms with van der Waals surface area (Å²) < 4.78 is 0. The van der Waals surface area contributed by atoms with E-state index in [1.165, 1.54) is 11.1 Å². The SMILES string of the molecule is Cc1cc(C)c2c(Cl)cc(C)nc2c1. The molecule has 0 amide bonds. The van der Waals surface area contributed by atoms with Gasteiger partial charge < -0.3 is 0 Å². The van der Waals surface area contributed by atoms with E-state index in [2.05, 4.69) is 31.0 Å². The van der Waals surface area contributed by atoms with Crippen LogP contribution in [0.25, 0.3) is 10.9 Å². The molecule has 0 spiro atoms. The topological polar surface area (TPSA) is 12.9 Å². The van der Waals surface area contributed by atoms with E-state index in [0.29, 0.717) is 0 Å². The standard InChI is InChI=1S/C12H12ClN/c1-7-4-8(2)12-10(13)6-9(3)14-11(12)5-7/h4-6H,1-3H3. The second-order valence-corrected chi connectivity index (χ2v) is 4.13. The van der Waals surface area contributed by atoms with Crippen molar-refractivity contribution in [2.24, 2.45) is 0 Å². The summed E-state index contributed by atoms with van der Waals surface area (Å²) in [5.74, 6) is 0. The maximum atomic E-state index is 6.18. The molecule has 0 atom stereocenters. The lowest BCUT2D eigenvalue weighted by molar-refractivity contribution is 1.24. The molecule has 0 aliphatic carbocycles. The Morgan fingerprint density at radius 3 is 2.50 bits per heavy atom. The highest BCUT2D eigenvalue weighted by molar-refractivity contribution is 6.35. The van der Waals surface area contributed by atoms with E-state index in [1.54, 1.807) is 0 Å². The van der Waals surface area contributed by atoms with Crippen LogP contribution in [0, 0.1) is 20.8 Å². The fourth-order valence-corrected chi connectivity index (χ4v) is 2.23. The molecule has 0 bridgehead atoms. The number of benzene rings is 1. The maximum absolute atomic E-state index is 6.18. The number of aromatic nitrogens is 1. The number of hydrogen-bond acceptors (Lipinski definition) is 1. The summed E-state index contributed by atoms with van der Waals surface area (Å²) in [6.07, 6.45) is 0. The lowest BCUT2D eigenvalue weighted by atomic mass is 10.1. The zero-order valence-electron chi connectivity index (χ0n) is 8.56. The van der Waals surface area contributed by atoms with E-state index in [4.69, 9.17) is 11.6 Å². The summed E-state index contributed by atoms with van der Waals surface area (Å²) in [6, 6.07) is 6.11. The van der Waals surface area contributed by atoms with Crippen molar-refractivity contribution in [3.63, 3.8) is 0 Å². The Balaban J connectivity index is 2.94. The summed E-state index contributed by atoms with van der Waals surface area (Å²) in [7, 11) is 0. The number of hydrogen-bond donors (Lipinski definition) is 0. The van der Waals surface area contributed by atoms with Crippen LogP contribution in [0.5, 0.6) is 0 Å². The molecular formula is C12H12ClN. The van der Waals surface area contributed by atoms with E-state index in [0.717, 1.165) is 21.6 Å². The predicted octanol–water partition coefficient (Wildman–Crippen LogP) is 3.81. The molecule has 0 unspecified atom stereocenters. The van der Waals surface area contributed by atoms with Crippen molar-refractivity contribution >= 4 is 22.5 Å². The molecule has 2 heteroatoms. The van der Waals surface area contributed by atoms with Gasteiger partial charge in [0.25, 0.3) is 0 Å². The monoisotopic (exact) mass is 205 g/mol. The van der Waals surface area contributed by atoms with Crippen LogP contribution >= 0.6 is 11.6 Å². The smallest absolute Gasteiger partial charge is 0.0725 e. The fourth-order valence-electron chi connectivity index (χ4n) is 1.82. The quantitative estimate of drug-likeness (QED) is 0.637. The average molecular weight is 206 g/mol. The number of halogens is 1. The van der Waals surface area contributed by atoms with Crippen LogP contribution in [0.4, 0.5) is 0 Å². The Kier molecular flexibility index (Phi) is 2.20. The van der Waals surface area contributed by atoms with Crippen LogP contribution in [0.2, 0.25) is 5.02 Å². The third-order valence-electron chi connectivity index (χ3n) is 2.33. The van der Waals surface area contributed by atoms with Crippen LogP contribution in [-0.4, -0.2) is 4.98 Å². The van der Waals surface area contributed by atoms with Crippen LogP contribution < -0.4 is 0 Å². The molecule has 0 aliphatic heterocycles. The highest BCUT2D eigenvalue weighted by Crippen LogP contribution is 2.27. The molecule has 0 N–H and O–H groups in total. The Hall–Kier alpha value is -1.08. The van der Waals surface area contributed by atoms with Gasteiger partial charge in [0, 0.05) is 11.1 Å². The highest BCUT2D eigenvalue weighted by atomic mass is 35.5. The Labute approximate surface area is 88.7 Å². The lowest BCUT2D eigenvalue weighted by Gasteiger charge is -2.06. The zero-order chi connectivity index (χ0) is 10.3. The number of nitrogens with zero attached hydrogens (tertiary/aromatic N) is 1. The molecule has 0 aliphatic rings. The number of pyridine rings is 1. The van der Waals surface area contributed by atoms with Gasteiger partial charge in [-0.25, -0.2) is 0 Å². The van der Waals surface area contributed by atoms with Crippen LogP contribution in [-0.2, 0) is 0 Å². The first kappa shape index (κ1) is 9.47. The molecule has 2 aromatic rings. The largest absolute Gasteiger partial charge is 0.253 e. The second kappa shape index (κ2) is 3.25. The van der Waals surface area contributed by atoms with E-state index in [1.807, 2.05) is 13.0 Å². The van der Waals surface area contributed by atoms with Crippen LogP contribution in [0.15, 0.2) is 18.2 Å². The third kappa shape index (κ3) is 1.48. The summed E-state index contributed by atoms with van der Waals surface area (Å²) >= 11 is 6.18. The minimum Gasteiger partial charge on any atom is -0.253 e. The molecule has 2 rings (SSSR count). The second-order valence-electron chi connectivity index (χ2n) is 3.72. The van der Waals surface area contributed by atoms with Gasteiger partial charge in [0.15, 0.2) is 0 Å². The number of fused-ring (bicyclic) bond motifs is 1. The number of rotatable bonds is 0. The Morgan fingerprint density at radius 2 is 1.79 bits per heavy atom. The summed E-state index contributed by atoms with van der Waals surface area (Å²) in [5, 5.41) is 1.87. The Morgan fingerprint density at radius 1 is 1.07 bits per heavy atom. The van der Waals surface area contributed by atoms with E-state index >= 15 is 0 Å². The normalized spacial score (nSPS) is 10.9. The van der Waals surface area contributed by atoms with Crippen molar-refractivity contribution in [3.8, 4) is 0 Å².